The van der Waals surface area contributed by atoms with Crippen molar-refractivity contribution in [3.05, 3.63) is 28.2 Å². The first-order chi connectivity index (χ1) is 12.1. The van der Waals surface area contributed by atoms with Gasteiger partial charge in [-0.2, -0.15) is 0 Å². The number of halogens is 2. The van der Waals surface area contributed by atoms with Crippen LogP contribution in [0, 0.1) is 0 Å². The summed E-state index contributed by atoms with van der Waals surface area (Å²) in [5.74, 6) is 0. The summed E-state index contributed by atoms with van der Waals surface area (Å²) in [6.45, 7) is 4.06. The van der Waals surface area contributed by atoms with Crippen LogP contribution in [0.4, 0.5) is 10.5 Å². The molecule has 0 radical (unpaired) electrons. The summed E-state index contributed by atoms with van der Waals surface area (Å²) in [6.07, 6.45) is 5.94. The number of nitrogens with one attached hydrogen (secondary N) is 2. The molecular weight excluding hydrogens is 361 g/mol. The van der Waals surface area contributed by atoms with Crippen molar-refractivity contribution in [3.8, 4) is 0 Å². The lowest BCUT2D eigenvalue weighted by Crippen LogP contribution is -2.60. The molecule has 0 aromatic heterocycles. The standard InChI is InChI=1S/C18H25Cl2N3O2/c19-14-4-5-16(15(20)12-14)22-17(24)21-13-18(6-2-1-3-7-18)23-8-10-25-11-9-23/h4-5,12H,1-3,6-11,13H2,(H2,21,22,24). The van der Waals surface area contributed by atoms with E-state index in [0.29, 0.717) is 22.3 Å². The molecule has 0 atom stereocenters. The predicted octanol–water partition coefficient (Wildman–Crippen LogP) is 4.15. The van der Waals surface area contributed by atoms with Gasteiger partial charge in [0.05, 0.1) is 23.9 Å². The molecule has 2 amide bonds. The van der Waals surface area contributed by atoms with Gasteiger partial charge in [-0.25, -0.2) is 4.79 Å². The van der Waals surface area contributed by atoms with Crippen molar-refractivity contribution in [1.29, 1.82) is 0 Å². The first-order valence-electron chi connectivity index (χ1n) is 8.92. The van der Waals surface area contributed by atoms with E-state index < -0.39 is 0 Å². The maximum Gasteiger partial charge on any atom is 0.319 e. The predicted molar refractivity (Wildman–Crippen MR) is 102 cm³/mol. The van der Waals surface area contributed by atoms with Gasteiger partial charge < -0.3 is 15.4 Å². The van der Waals surface area contributed by atoms with Crippen LogP contribution in [-0.2, 0) is 4.74 Å². The van der Waals surface area contributed by atoms with Crippen molar-refractivity contribution in [2.24, 2.45) is 0 Å². The van der Waals surface area contributed by atoms with Crippen molar-refractivity contribution in [2.45, 2.75) is 37.6 Å². The third kappa shape index (κ3) is 4.79. The van der Waals surface area contributed by atoms with E-state index in [0.717, 1.165) is 39.1 Å². The highest BCUT2D eigenvalue weighted by Crippen LogP contribution is 2.34. The van der Waals surface area contributed by atoms with Gasteiger partial charge in [0.15, 0.2) is 0 Å². The number of amides is 2. The molecule has 1 heterocycles. The summed E-state index contributed by atoms with van der Waals surface area (Å²) in [7, 11) is 0. The molecule has 25 heavy (non-hydrogen) atoms. The summed E-state index contributed by atoms with van der Waals surface area (Å²) in [4.78, 5) is 14.9. The average molecular weight is 386 g/mol. The topological polar surface area (TPSA) is 53.6 Å². The number of benzene rings is 1. The lowest BCUT2D eigenvalue weighted by Gasteiger charge is -2.48. The molecule has 1 saturated carbocycles. The molecule has 3 rings (SSSR count). The highest BCUT2D eigenvalue weighted by Gasteiger charge is 2.38. The maximum atomic E-state index is 12.4. The third-order valence-electron chi connectivity index (χ3n) is 5.22. The van der Waals surface area contributed by atoms with Crippen molar-refractivity contribution in [3.63, 3.8) is 0 Å². The molecule has 2 fully saturated rings. The van der Waals surface area contributed by atoms with E-state index >= 15 is 0 Å². The summed E-state index contributed by atoms with van der Waals surface area (Å²) in [6, 6.07) is 4.80. The Bertz CT molecular complexity index is 600. The Morgan fingerprint density at radius 1 is 1.16 bits per heavy atom. The highest BCUT2D eigenvalue weighted by atomic mass is 35.5. The van der Waals surface area contributed by atoms with Crippen molar-refractivity contribution in [1.82, 2.24) is 10.2 Å². The number of rotatable bonds is 4. The lowest BCUT2D eigenvalue weighted by molar-refractivity contribution is -0.0356. The summed E-state index contributed by atoms with van der Waals surface area (Å²) >= 11 is 12.0. The van der Waals surface area contributed by atoms with E-state index in [1.165, 1.54) is 19.3 Å². The molecule has 0 spiro atoms. The second-order valence-electron chi connectivity index (χ2n) is 6.82. The van der Waals surface area contributed by atoms with Crippen LogP contribution in [0.2, 0.25) is 10.0 Å². The molecule has 1 aliphatic carbocycles. The largest absolute Gasteiger partial charge is 0.379 e. The maximum absolute atomic E-state index is 12.4. The molecule has 138 valence electrons. The molecule has 1 saturated heterocycles. The minimum Gasteiger partial charge on any atom is -0.379 e. The molecule has 2 aliphatic rings. The second kappa shape index (κ2) is 8.58. The van der Waals surface area contributed by atoms with Gasteiger partial charge in [-0.05, 0) is 31.0 Å². The third-order valence-corrected chi connectivity index (χ3v) is 5.77. The molecule has 5 nitrogen and oxygen atoms in total. The van der Waals surface area contributed by atoms with Crippen LogP contribution in [0.25, 0.3) is 0 Å². The van der Waals surface area contributed by atoms with E-state index in [2.05, 4.69) is 15.5 Å². The molecule has 0 unspecified atom stereocenters. The van der Waals surface area contributed by atoms with Gasteiger partial charge in [0.1, 0.15) is 0 Å². The van der Waals surface area contributed by atoms with E-state index in [1.54, 1.807) is 18.2 Å². The van der Waals surface area contributed by atoms with E-state index in [9.17, 15) is 4.79 Å². The normalized spacial score (nSPS) is 20.9. The fourth-order valence-electron chi connectivity index (χ4n) is 3.85. The van der Waals surface area contributed by atoms with Crippen molar-refractivity contribution in [2.75, 3.05) is 38.2 Å². The number of ether oxygens (including phenoxy) is 1. The zero-order valence-electron chi connectivity index (χ0n) is 14.3. The van der Waals surface area contributed by atoms with E-state index in [-0.39, 0.29) is 11.6 Å². The first-order valence-corrected chi connectivity index (χ1v) is 9.67. The summed E-state index contributed by atoms with van der Waals surface area (Å²) in [5, 5.41) is 6.85. The molecule has 7 heteroatoms. The smallest absolute Gasteiger partial charge is 0.319 e. The number of hydrogen-bond acceptors (Lipinski definition) is 3. The van der Waals surface area contributed by atoms with Gasteiger partial charge >= 0.3 is 6.03 Å². The Balaban J connectivity index is 1.61. The van der Waals surface area contributed by atoms with Gasteiger partial charge in [-0.15, -0.1) is 0 Å². The van der Waals surface area contributed by atoms with Gasteiger partial charge in [0.2, 0.25) is 0 Å². The quantitative estimate of drug-likeness (QED) is 0.818. The number of carbonyl (C=O) groups is 1. The number of anilines is 1. The minimum absolute atomic E-state index is 0.0448. The van der Waals surface area contributed by atoms with Gasteiger partial charge in [0.25, 0.3) is 0 Å². The summed E-state index contributed by atoms with van der Waals surface area (Å²) in [5.41, 5.74) is 0.607. The minimum atomic E-state index is -0.234. The molecule has 0 bridgehead atoms. The number of carbonyl (C=O) groups excluding carboxylic acids is 1. The van der Waals surface area contributed by atoms with Crippen LogP contribution in [0.5, 0.6) is 0 Å². The number of hydrogen-bond donors (Lipinski definition) is 2. The first kappa shape index (κ1) is 18.8. The van der Waals surface area contributed by atoms with Crippen LogP contribution < -0.4 is 10.6 Å². The molecule has 1 aliphatic heterocycles. The molecule has 1 aromatic carbocycles. The van der Waals surface area contributed by atoms with Crippen LogP contribution in [0.3, 0.4) is 0 Å². The highest BCUT2D eigenvalue weighted by molar-refractivity contribution is 6.36. The molecule has 2 N–H and O–H groups in total. The Labute approximate surface area is 159 Å². The van der Waals surface area contributed by atoms with Gasteiger partial charge in [0, 0.05) is 30.2 Å². The van der Waals surface area contributed by atoms with E-state index in [1.807, 2.05) is 0 Å². The second-order valence-corrected chi connectivity index (χ2v) is 7.66. The SMILES string of the molecule is O=C(NCC1(N2CCOCC2)CCCCC1)Nc1ccc(Cl)cc1Cl. The Morgan fingerprint density at radius 3 is 2.56 bits per heavy atom. The van der Waals surface area contributed by atoms with Crippen molar-refractivity contribution >= 4 is 34.9 Å². The van der Waals surface area contributed by atoms with Crippen LogP contribution in [-0.4, -0.2) is 49.3 Å². The van der Waals surface area contributed by atoms with Crippen LogP contribution in [0.15, 0.2) is 18.2 Å². The zero-order chi connectivity index (χ0) is 17.7. The number of nitrogens with zero attached hydrogens (tertiary/aromatic N) is 1. The van der Waals surface area contributed by atoms with Gasteiger partial charge in [-0.3, -0.25) is 4.90 Å². The fourth-order valence-corrected chi connectivity index (χ4v) is 4.31. The van der Waals surface area contributed by atoms with Crippen LogP contribution in [0.1, 0.15) is 32.1 Å². The Hall–Kier alpha value is -1.01. The fraction of sp³-hybridized carbons (Fsp3) is 0.611. The zero-order valence-corrected chi connectivity index (χ0v) is 15.8. The monoisotopic (exact) mass is 385 g/mol. The van der Waals surface area contributed by atoms with E-state index in [4.69, 9.17) is 27.9 Å². The lowest BCUT2D eigenvalue weighted by atomic mass is 9.80. The molecular formula is C18H25Cl2N3O2. The summed E-state index contributed by atoms with van der Waals surface area (Å²) < 4.78 is 5.50. The van der Waals surface area contributed by atoms with Crippen molar-refractivity contribution < 1.29 is 9.53 Å². The number of urea groups is 1. The molecule has 1 aromatic rings. The Morgan fingerprint density at radius 2 is 1.88 bits per heavy atom. The Kier molecular flexibility index (Phi) is 6.44. The van der Waals surface area contributed by atoms with Gasteiger partial charge in [-0.1, -0.05) is 42.5 Å². The average Bonchev–Trinajstić information content (AvgIpc) is 2.64. The van der Waals surface area contributed by atoms with Crippen LogP contribution >= 0.6 is 23.2 Å². The number of morpholine rings is 1.